The summed E-state index contributed by atoms with van der Waals surface area (Å²) in [7, 11) is 0. The van der Waals surface area contributed by atoms with E-state index in [1.54, 1.807) is 0 Å². The minimum atomic E-state index is 0.357. The van der Waals surface area contributed by atoms with E-state index in [4.69, 9.17) is 5.11 Å². The zero-order chi connectivity index (χ0) is 11.1. The molecule has 1 rings (SSSR count). The second-order valence-corrected chi connectivity index (χ2v) is 4.75. The van der Waals surface area contributed by atoms with Gasteiger partial charge in [-0.25, -0.2) is 0 Å². The zero-order valence-electron chi connectivity index (χ0n) is 9.99. The Kier molecular flexibility index (Phi) is 5.96. The molecule has 88 valence electrons. The molecule has 0 aromatic carbocycles. The van der Waals surface area contributed by atoms with Crippen molar-refractivity contribution in [1.82, 2.24) is 4.90 Å². The van der Waals surface area contributed by atoms with Crippen molar-refractivity contribution in [3.05, 3.63) is 12.7 Å². The van der Waals surface area contributed by atoms with Gasteiger partial charge in [-0.15, -0.1) is 6.58 Å². The highest BCUT2D eigenvalue weighted by atomic mass is 16.3. The van der Waals surface area contributed by atoms with Gasteiger partial charge in [-0.1, -0.05) is 6.08 Å². The van der Waals surface area contributed by atoms with Crippen LogP contribution in [0.3, 0.4) is 0 Å². The monoisotopic (exact) mass is 211 g/mol. The van der Waals surface area contributed by atoms with Crippen LogP contribution in [-0.4, -0.2) is 35.7 Å². The first-order chi connectivity index (χ1) is 7.27. The molecule has 0 spiro atoms. The van der Waals surface area contributed by atoms with Crippen LogP contribution in [0.1, 0.15) is 39.0 Å². The van der Waals surface area contributed by atoms with Gasteiger partial charge in [0.1, 0.15) is 0 Å². The van der Waals surface area contributed by atoms with Gasteiger partial charge in [-0.05, 0) is 51.5 Å². The molecule has 1 aliphatic heterocycles. The van der Waals surface area contributed by atoms with Crippen LogP contribution in [0.15, 0.2) is 12.7 Å². The SMILES string of the molecule is C=CCCCC(C)N1CCCC(CO)C1. The molecule has 0 saturated carbocycles. The van der Waals surface area contributed by atoms with Crippen molar-refractivity contribution < 1.29 is 5.11 Å². The van der Waals surface area contributed by atoms with Gasteiger partial charge in [0.2, 0.25) is 0 Å². The lowest BCUT2D eigenvalue weighted by atomic mass is 9.96. The molecule has 2 atom stereocenters. The Hall–Kier alpha value is -0.340. The van der Waals surface area contributed by atoms with Crippen LogP contribution in [0.4, 0.5) is 0 Å². The summed E-state index contributed by atoms with van der Waals surface area (Å²) in [6.45, 7) is 8.72. The minimum absolute atomic E-state index is 0.357. The van der Waals surface area contributed by atoms with E-state index >= 15 is 0 Å². The van der Waals surface area contributed by atoms with Gasteiger partial charge in [0.05, 0.1) is 0 Å². The highest BCUT2D eigenvalue weighted by molar-refractivity contribution is 4.77. The Bertz CT molecular complexity index is 181. The van der Waals surface area contributed by atoms with Crippen LogP contribution in [0.2, 0.25) is 0 Å². The maximum atomic E-state index is 9.16. The first kappa shape index (κ1) is 12.7. The smallest absolute Gasteiger partial charge is 0.0471 e. The number of allylic oxidation sites excluding steroid dienone is 1. The fourth-order valence-electron chi connectivity index (χ4n) is 2.39. The van der Waals surface area contributed by atoms with Crippen LogP contribution < -0.4 is 0 Å². The van der Waals surface area contributed by atoms with Gasteiger partial charge < -0.3 is 10.0 Å². The largest absolute Gasteiger partial charge is 0.396 e. The first-order valence-corrected chi connectivity index (χ1v) is 6.23. The number of likely N-dealkylation sites (tertiary alicyclic amines) is 1. The minimum Gasteiger partial charge on any atom is -0.396 e. The Morgan fingerprint density at radius 3 is 3.07 bits per heavy atom. The van der Waals surface area contributed by atoms with Crippen LogP contribution in [-0.2, 0) is 0 Å². The van der Waals surface area contributed by atoms with Crippen LogP contribution in [0.5, 0.6) is 0 Å². The maximum absolute atomic E-state index is 9.16. The van der Waals surface area contributed by atoms with Crippen LogP contribution in [0.25, 0.3) is 0 Å². The van der Waals surface area contributed by atoms with Crippen molar-refractivity contribution in [1.29, 1.82) is 0 Å². The summed E-state index contributed by atoms with van der Waals surface area (Å²) in [5.41, 5.74) is 0. The van der Waals surface area contributed by atoms with Crippen molar-refractivity contribution in [3.8, 4) is 0 Å². The number of nitrogens with zero attached hydrogens (tertiary/aromatic N) is 1. The van der Waals surface area contributed by atoms with Gasteiger partial charge >= 0.3 is 0 Å². The van der Waals surface area contributed by atoms with E-state index in [1.165, 1.54) is 32.2 Å². The topological polar surface area (TPSA) is 23.5 Å². The Labute approximate surface area is 94.0 Å². The molecule has 2 heteroatoms. The standard InChI is InChI=1S/C13H25NO/c1-3-4-5-7-12(2)14-9-6-8-13(10-14)11-15/h3,12-13,15H,1,4-11H2,2H3. The van der Waals surface area contributed by atoms with Crippen molar-refractivity contribution in [2.45, 2.75) is 45.1 Å². The number of piperidine rings is 1. The summed E-state index contributed by atoms with van der Waals surface area (Å²) in [6.07, 6.45) is 8.07. The molecule has 1 aliphatic rings. The van der Waals surface area contributed by atoms with Crippen molar-refractivity contribution in [2.24, 2.45) is 5.92 Å². The third kappa shape index (κ3) is 4.35. The molecule has 0 radical (unpaired) electrons. The number of unbranched alkanes of at least 4 members (excludes halogenated alkanes) is 1. The normalized spacial score (nSPS) is 25.1. The average molecular weight is 211 g/mol. The summed E-state index contributed by atoms with van der Waals surface area (Å²) >= 11 is 0. The van der Waals surface area contributed by atoms with Crippen LogP contribution >= 0.6 is 0 Å². The highest BCUT2D eigenvalue weighted by Crippen LogP contribution is 2.20. The molecule has 1 saturated heterocycles. The molecule has 1 heterocycles. The Morgan fingerprint density at radius 2 is 2.40 bits per heavy atom. The Balaban J connectivity index is 2.25. The third-order valence-corrected chi connectivity index (χ3v) is 3.46. The summed E-state index contributed by atoms with van der Waals surface area (Å²) in [5.74, 6) is 0.514. The highest BCUT2D eigenvalue weighted by Gasteiger charge is 2.22. The van der Waals surface area contributed by atoms with E-state index in [2.05, 4.69) is 18.4 Å². The molecule has 0 aromatic heterocycles. The van der Waals surface area contributed by atoms with E-state index in [-0.39, 0.29) is 0 Å². The summed E-state index contributed by atoms with van der Waals surface area (Å²) in [6, 6.07) is 0.666. The molecule has 0 bridgehead atoms. The van der Waals surface area contributed by atoms with E-state index in [1.807, 2.05) is 6.08 Å². The third-order valence-electron chi connectivity index (χ3n) is 3.46. The zero-order valence-corrected chi connectivity index (χ0v) is 9.99. The number of hydrogen-bond donors (Lipinski definition) is 1. The Morgan fingerprint density at radius 1 is 1.60 bits per heavy atom. The van der Waals surface area contributed by atoms with Gasteiger partial charge in [-0.2, -0.15) is 0 Å². The average Bonchev–Trinajstić information content (AvgIpc) is 2.29. The maximum Gasteiger partial charge on any atom is 0.0471 e. The van der Waals surface area contributed by atoms with E-state index < -0.39 is 0 Å². The lowest BCUT2D eigenvalue weighted by molar-refractivity contribution is 0.0899. The van der Waals surface area contributed by atoms with Gasteiger partial charge in [0, 0.05) is 19.2 Å². The number of hydrogen-bond acceptors (Lipinski definition) is 2. The number of aliphatic hydroxyl groups is 1. The molecular weight excluding hydrogens is 186 g/mol. The summed E-state index contributed by atoms with van der Waals surface area (Å²) in [5, 5.41) is 9.16. The van der Waals surface area contributed by atoms with Gasteiger partial charge in [-0.3, -0.25) is 0 Å². The number of rotatable bonds is 6. The predicted octanol–water partition coefficient (Wildman–Crippen LogP) is 2.44. The van der Waals surface area contributed by atoms with Crippen molar-refractivity contribution >= 4 is 0 Å². The first-order valence-electron chi connectivity index (χ1n) is 6.23. The summed E-state index contributed by atoms with van der Waals surface area (Å²) < 4.78 is 0. The summed E-state index contributed by atoms with van der Waals surface area (Å²) in [4.78, 5) is 2.54. The molecular formula is C13H25NO. The molecule has 2 nitrogen and oxygen atoms in total. The molecule has 0 aromatic rings. The molecule has 0 aliphatic carbocycles. The second kappa shape index (κ2) is 7.02. The molecule has 1 N–H and O–H groups in total. The van der Waals surface area contributed by atoms with Crippen molar-refractivity contribution in [3.63, 3.8) is 0 Å². The lowest BCUT2D eigenvalue weighted by Gasteiger charge is -2.36. The van der Waals surface area contributed by atoms with E-state index in [0.717, 1.165) is 13.0 Å². The van der Waals surface area contributed by atoms with Gasteiger partial charge in [0.15, 0.2) is 0 Å². The quantitative estimate of drug-likeness (QED) is 0.539. The molecule has 15 heavy (non-hydrogen) atoms. The molecule has 2 unspecified atom stereocenters. The van der Waals surface area contributed by atoms with E-state index in [0.29, 0.717) is 18.6 Å². The number of aliphatic hydroxyl groups excluding tert-OH is 1. The fraction of sp³-hybridized carbons (Fsp3) is 0.846. The molecule has 0 amide bonds. The predicted molar refractivity (Wildman–Crippen MR) is 64.9 cm³/mol. The lowest BCUT2D eigenvalue weighted by Crippen LogP contribution is -2.42. The molecule has 1 fully saturated rings. The second-order valence-electron chi connectivity index (χ2n) is 4.75. The van der Waals surface area contributed by atoms with Crippen LogP contribution in [0, 0.1) is 5.92 Å². The van der Waals surface area contributed by atoms with E-state index in [9.17, 15) is 0 Å². The van der Waals surface area contributed by atoms with Crippen molar-refractivity contribution in [2.75, 3.05) is 19.7 Å². The van der Waals surface area contributed by atoms with Gasteiger partial charge in [0.25, 0.3) is 0 Å². The fourth-order valence-corrected chi connectivity index (χ4v) is 2.39.